The standard InChI is InChI=1S/C18H33N3O3/c1-2-19-18(21-16-12-15-4-5-17(16)24-15)20-8-3-9-23-13-14-6-10-22-11-7-14/h14-17H,2-13H2,1H3,(H2,19,20,21). The lowest BCUT2D eigenvalue weighted by Crippen LogP contribution is -2.47. The minimum absolute atomic E-state index is 0.377. The maximum atomic E-state index is 5.90. The Kier molecular flexibility index (Phi) is 7.17. The normalized spacial score (nSPS) is 30.7. The summed E-state index contributed by atoms with van der Waals surface area (Å²) < 4.78 is 17.1. The van der Waals surface area contributed by atoms with Gasteiger partial charge in [0.1, 0.15) is 0 Å². The van der Waals surface area contributed by atoms with Crippen molar-refractivity contribution in [3.05, 3.63) is 0 Å². The van der Waals surface area contributed by atoms with Gasteiger partial charge in [0.05, 0.1) is 18.2 Å². The van der Waals surface area contributed by atoms with Crippen LogP contribution in [0.4, 0.5) is 0 Å². The van der Waals surface area contributed by atoms with Crippen LogP contribution >= 0.6 is 0 Å². The molecule has 24 heavy (non-hydrogen) atoms. The van der Waals surface area contributed by atoms with Gasteiger partial charge < -0.3 is 24.8 Å². The van der Waals surface area contributed by atoms with Crippen LogP contribution in [0.15, 0.2) is 4.99 Å². The van der Waals surface area contributed by atoms with E-state index in [0.717, 1.165) is 71.2 Å². The Hall–Kier alpha value is -0.850. The van der Waals surface area contributed by atoms with E-state index >= 15 is 0 Å². The maximum absolute atomic E-state index is 5.90. The number of guanidine groups is 1. The zero-order valence-electron chi connectivity index (χ0n) is 15.0. The number of fused-ring (bicyclic) bond motifs is 2. The van der Waals surface area contributed by atoms with Gasteiger partial charge in [-0.1, -0.05) is 0 Å². The summed E-state index contributed by atoms with van der Waals surface area (Å²) in [5, 5.41) is 6.89. The molecule has 6 heteroatoms. The molecule has 3 heterocycles. The van der Waals surface area contributed by atoms with Crippen LogP contribution in [0.2, 0.25) is 0 Å². The predicted octanol–water partition coefficient (Wildman–Crippen LogP) is 1.69. The molecule has 3 unspecified atom stereocenters. The van der Waals surface area contributed by atoms with Crippen LogP contribution in [0.1, 0.15) is 45.4 Å². The van der Waals surface area contributed by atoms with E-state index in [1.54, 1.807) is 0 Å². The van der Waals surface area contributed by atoms with Crippen molar-refractivity contribution in [1.82, 2.24) is 10.6 Å². The third-order valence-corrected chi connectivity index (χ3v) is 5.18. The molecule has 3 aliphatic heterocycles. The Morgan fingerprint density at radius 3 is 2.79 bits per heavy atom. The Morgan fingerprint density at radius 2 is 2.08 bits per heavy atom. The summed E-state index contributed by atoms with van der Waals surface area (Å²) in [5.74, 6) is 1.60. The molecule has 0 saturated carbocycles. The first kappa shape index (κ1) is 18.0. The fourth-order valence-corrected chi connectivity index (χ4v) is 3.81. The molecule has 6 nitrogen and oxygen atoms in total. The van der Waals surface area contributed by atoms with E-state index in [0.29, 0.717) is 24.2 Å². The van der Waals surface area contributed by atoms with E-state index in [1.165, 1.54) is 12.8 Å². The van der Waals surface area contributed by atoms with Crippen molar-refractivity contribution in [2.24, 2.45) is 10.9 Å². The van der Waals surface area contributed by atoms with Crippen molar-refractivity contribution >= 4 is 5.96 Å². The van der Waals surface area contributed by atoms with Gasteiger partial charge in [-0.15, -0.1) is 0 Å². The SMILES string of the molecule is CCNC(=NCCCOCC1CCOCC1)NC1CC2CCC1O2. The Balaban J connectivity index is 1.30. The second kappa shape index (κ2) is 9.59. The van der Waals surface area contributed by atoms with E-state index in [1.807, 2.05) is 0 Å². The van der Waals surface area contributed by atoms with Crippen LogP contribution < -0.4 is 10.6 Å². The van der Waals surface area contributed by atoms with E-state index < -0.39 is 0 Å². The van der Waals surface area contributed by atoms with Gasteiger partial charge >= 0.3 is 0 Å². The first-order valence-electron chi connectivity index (χ1n) is 9.71. The van der Waals surface area contributed by atoms with Crippen molar-refractivity contribution in [1.29, 1.82) is 0 Å². The summed E-state index contributed by atoms with van der Waals surface area (Å²) in [4.78, 5) is 4.68. The molecular formula is C18H33N3O3. The summed E-state index contributed by atoms with van der Waals surface area (Å²) in [7, 11) is 0. The quantitative estimate of drug-likeness (QED) is 0.400. The molecule has 3 aliphatic rings. The van der Waals surface area contributed by atoms with Gasteiger partial charge in [0.25, 0.3) is 0 Å². The van der Waals surface area contributed by atoms with Crippen LogP contribution in [0.25, 0.3) is 0 Å². The average Bonchev–Trinajstić information content (AvgIpc) is 3.22. The van der Waals surface area contributed by atoms with E-state index in [4.69, 9.17) is 14.2 Å². The number of ether oxygens (including phenoxy) is 3. The first-order chi connectivity index (χ1) is 11.8. The lowest BCUT2D eigenvalue weighted by Gasteiger charge is -2.22. The molecule has 2 bridgehead atoms. The molecule has 0 aromatic heterocycles. The summed E-state index contributed by atoms with van der Waals surface area (Å²) >= 11 is 0. The molecule has 3 saturated heterocycles. The van der Waals surface area contributed by atoms with Gasteiger partial charge in [0, 0.05) is 39.5 Å². The van der Waals surface area contributed by atoms with Gasteiger partial charge in [-0.3, -0.25) is 4.99 Å². The van der Waals surface area contributed by atoms with Crippen molar-refractivity contribution in [2.75, 3.05) is 39.5 Å². The van der Waals surface area contributed by atoms with Gasteiger partial charge in [-0.05, 0) is 51.4 Å². The van der Waals surface area contributed by atoms with Gasteiger partial charge in [-0.2, -0.15) is 0 Å². The molecule has 138 valence electrons. The zero-order chi connectivity index (χ0) is 16.6. The average molecular weight is 339 g/mol. The maximum Gasteiger partial charge on any atom is 0.191 e. The summed E-state index contributed by atoms with van der Waals surface area (Å²) in [6.45, 7) is 7.22. The topological polar surface area (TPSA) is 64.1 Å². The molecule has 0 aromatic carbocycles. The zero-order valence-corrected chi connectivity index (χ0v) is 15.0. The van der Waals surface area contributed by atoms with Gasteiger partial charge in [0.15, 0.2) is 5.96 Å². The second-order valence-corrected chi connectivity index (χ2v) is 7.11. The number of nitrogens with one attached hydrogen (secondary N) is 2. The number of hydrogen-bond acceptors (Lipinski definition) is 4. The molecule has 0 spiro atoms. The first-order valence-corrected chi connectivity index (χ1v) is 9.71. The van der Waals surface area contributed by atoms with Crippen molar-refractivity contribution in [2.45, 2.75) is 63.7 Å². The highest BCUT2D eigenvalue weighted by atomic mass is 16.5. The van der Waals surface area contributed by atoms with Gasteiger partial charge in [-0.25, -0.2) is 0 Å². The van der Waals surface area contributed by atoms with Crippen LogP contribution in [-0.4, -0.2) is 63.7 Å². The van der Waals surface area contributed by atoms with Crippen molar-refractivity contribution in [3.8, 4) is 0 Å². The van der Waals surface area contributed by atoms with Crippen LogP contribution in [0, 0.1) is 5.92 Å². The number of nitrogens with zero attached hydrogens (tertiary/aromatic N) is 1. The van der Waals surface area contributed by atoms with E-state index in [9.17, 15) is 0 Å². The lowest BCUT2D eigenvalue weighted by molar-refractivity contribution is 0.0205. The van der Waals surface area contributed by atoms with Crippen LogP contribution in [0.3, 0.4) is 0 Å². The largest absolute Gasteiger partial charge is 0.381 e. The van der Waals surface area contributed by atoms with Crippen LogP contribution in [-0.2, 0) is 14.2 Å². The highest BCUT2D eigenvalue weighted by Gasteiger charge is 2.41. The fourth-order valence-electron chi connectivity index (χ4n) is 3.81. The smallest absolute Gasteiger partial charge is 0.191 e. The molecular weight excluding hydrogens is 306 g/mol. The van der Waals surface area contributed by atoms with Crippen molar-refractivity contribution < 1.29 is 14.2 Å². The number of aliphatic imine (C=N–C) groups is 1. The third-order valence-electron chi connectivity index (χ3n) is 5.18. The summed E-state index contributed by atoms with van der Waals surface area (Å²) in [6, 6.07) is 0.423. The van der Waals surface area contributed by atoms with E-state index in [2.05, 4.69) is 22.5 Å². The van der Waals surface area contributed by atoms with E-state index in [-0.39, 0.29) is 0 Å². The van der Waals surface area contributed by atoms with Crippen molar-refractivity contribution in [3.63, 3.8) is 0 Å². The van der Waals surface area contributed by atoms with Crippen LogP contribution in [0.5, 0.6) is 0 Å². The minimum Gasteiger partial charge on any atom is -0.381 e. The molecule has 0 radical (unpaired) electrons. The fraction of sp³-hybridized carbons (Fsp3) is 0.944. The molecule has 2 N–H and O–H groups in total. The number of rotatable bonds is 8. The minimum atomic E-state index is 0.377. The molecule has 3 rings (SSSR count). The predicted molar refractivity (Wildman–Crippen MR) is 94.4 cm³/mol. The summed E-state index contributed by atoms with van der Waals surface area (Å²) in [6.07, 6.45) is 7.60. The Morgan fingerprint density at radius 1 is 1.21 bits per heavy atom. The highest BCUT2D eigenvalue weighted by molar-refractivity contribution is 5.80. The number of hydrogen-bond donors (Lipinski definition) is 2. The lowest BCUT2D eigenvalue weighted by atomic mass is 9.96. The molecule has 3 fully saturated rings. The third kappa shape index (κ3) is 5.33. The molecule has 0 amide bonds. The summed E-state index contributed by atoms with van der Waals surface area (Å²) in [5.41, 5.74) is 0. The second-order valence-electron chi connectivity index (χ2n) is 7.11. The molecule has 3 atom stereocenters. The molecule has 0 aliphatic carbocycles. The van der Waals surface area contributed by atoms with Gasteiger partial charge in [0.2, 0.25) is 0 Å². The highest BCUT2D eigenvalue weighted by Crippen LogP contribution is 2.34. The Bertz CT molecular complexity index is 399. The monoisotopic (exact) mass is 339 g/mol. The molecule has 0 aromatic rings. The Labute approximate surface area is 145 Å².